The van der Waals surface area contributed by atoms with Crippen LogP contribution in [0.1, 0.15) is 18.7 Å². The minimum absolute atomic E-state index is 0.110. The fourth-order valence-electron chi connectivity index (χ4n) is 3.00. The predicted molar refractivity (Wildman–Crippen MR) is 91.5 cm³/mol. The van der Waals surface area contributed by atoms with Gasteiger partial charge in [-0.25, -0.2) is 9.37 Å². The first-order chi connectivity index (χ1) is 12.0. The van der Waals surface area contributed by atoms with Crippen molar-refractivity contribution in [3.05, 3.63) is 48.3 Å². The number of nitrogens with one attached hydrogen (secondary N) is 1. The summed E-state index contributed by atoms with van der Waals surface area (Å²) in [5, 5.41) is 2.90. The predicted octanol–water partition coefficient (Wildman–Crippen LogP) is 1.89. The average molecular weight is 344 g/mol. The standard InChI is InChI=1S/C18H21FN4O2/c1-13-20-8-10-22(13)9-2-7-21-18(25)14-11-17(24)23(12-14)16-5-3-15(19)4-6-16/h3-6,8,10,14H,2,7,9,11-12H2,1H3,(H,21,25). The molecule has 1 atom stereocenters. The van der Waals surface area contributed by atoms with E-state index >= 15 is 0 Å². The van der Waals surface area contributed by atoms with Crippen LogP contribution in [0.4, 0.5) is 10.1 Å². The van der Waals surface area contributed by atoms with E-state index in [1.807, 2.05) is 17.7 Å². The molecular formula is C18H21FN4O2. The highest BCUT2D eigenvalue weighted by Gasteiger charge is 2.34. The maximum absolute atomic E-state index is 13.0. The third-order valence-corrected chi connectivity index (χ3v) is 4.43. The van der Waals surface area contributed by atoms with Gasteiger partial charge in [0.1, 0.15) is 11.6 Å². The van der Waals surface area contributed by atoms with Crippen LogP contribution in [0.5, 0.6) is 0 Å². The van der Waals surface area contributed by atoms with Crippen LogP contribution in [0.3, 0.4) is 0 Å². The van der Waals surface area contributed by atoms with E-state index in [4.69, 9.17) is 0 Å². The van der Waals surface area contributed by atoms with Crippen molar-refractivity contribution < 1.29 is 14.0 Å². The Morgan fingerprint density at radius 3 is 2.80 bits per heavy atom. The number of imidazole rings is 1. The summed E-state index contributed by atoms with van der Waals surface area (Å²) in [4.78, 5) is 30.1. The van der Waals surface area contributed by atoms with Crippen molar-refractivity contribution in [2.75, 3.05) is 18.0 Å². The topological polar surface area (TPSA) is 67.2 Å². The van der Waals surface area contributed by atoms with Crippen LogP contribution in [0.15, 0.2) is 36.7 Å². The third kappa shape index (κ3) is 4.04. The number of hydrogen-bond acceptors (Lipinski definition) is 3. The number of hydrogen-bond donors (Lipinski definition) is 1. The molecule has 1 unspecified atom stereocenters. The molecule has 1 aliphatic rings. The van der Waals surface area contributed by atoms with Gasteiger partial charge >= 0.3 is 0 Å². The minimum atomic E-state index is -0.368. The summed E-state index contributed by atoms with van der Waals surface area (Å²) in [5.74, 6) is 0.00845. The van der Waals surface area contributed by atoms with E-state index in [0.717, 1.165) is 18.8 Å². The van der Waals surface area contributed by atoms with Gasteiger partial charge in [0, 0.05) is 44.1 Å². The molecular weight excluding hydrogens is 323 g/mol. The lowest BCUT2D eigenvalue weighted by Gasteiger charge is -2.16. The first-order valence-electron chi connectivity index (χ1n) is 8.36. The van der Waals surface area contributed by atoms with Gasteiger partial charge < -0.3 is 14.8 Å². The van der Waals surface area contributed by atoms with Gasteiger partial charge in [0.05, 0.1) is 5.92 Å². The van der Waals surface area contributed by atoms with E-state index < -0.39 is 0 Å². The molecule has 1 aromatic heterocycles. The van der Waals surface area contributed by atoms with Crippen molar-refractivity contribution >= 4 is 17.5 Å². The Bertz CT molecular complexity index is 757. The number of anilines is 1. The molecule has 1 aromatic carbocycles. The summed E-state index contributed by atoms with van der Waals surface area (Å²) in [7, 11) is 0. The zero-order valence-electron chi connectivity index (χ0n) is 14.1. The first-order valence-corrected chi connectivity index (χ1v) is 8.36. The van der Waals surface area contributed by atoms with Gasteiger partial charge in [-0.1, -0.05) is 0 Å². The maximum atomic E-state index is 13.0. The second kappa shape index (κ2) is 7.46. The highest BCUT2D eigenvalue weighted by Crippen LogP contribution is 2.25. The summed E-state index contributed by atoms with van der Waals surface area (Å²) >= 11 is 0. The lowest BCUT2D eigenvalue weighted by atomic mass is 10.1. The van der Waals surface area contributed by atoms with Crippen molar-refractivity contribution in [1.29, 1.82) is 0 Å². The second-order valence-corrected chi connectivity index (χ2v) is 6.19. The van der Waals surface area contributed by atoms with Crippen molar-refractivity contribution in [2.45, 2.75) is 26.3 Å². The number of rotatable bonds is 6. The minimum Gasteiger partial charge on any atom is -0.356 e. The van der Waals surface area contributed by atoms with Crippen LogP contribution in [-0.4, -0.2) is 34.5 Å². The van der Waals surface area contributed by atoms with Crippen molar-refractivity contribution in [2.24, 2.45) is 5.92 Å². The van der Waals surface area contributed by atoms with Gasteiger partial charge in [-0.2, -0.15) is 0 Å². The van der Waals surface area contributed by atoms with Gasteiger partial charge in [-0.15, -0.1) is 0 Å². The second-order valence-electron chi connectivity index (χ2n) is 6.19. The molecule has 7 heteroatoms. The molecule has 132 valence electrons. The van der Waals surface area contributed by atoms with Crippen LogP contribution in [0.25, 0.3) is 0 Å². The van der Waals surface area contributed by atoms with E-state index in [2.05, 4.69) is 10.3 Å². The fraction of sp³-hybridized carbons (Fsp3) is 0.389. The summed E-state index contributed by atoms with van der Waals surface area (Å²) in [6.07, 6.45) is 4.64. The molecule has 2 amide bonds. The van der Waals surface area contributed by atoms with Gasteiger partial charge in [-0.3, -0.25) is 9.59 Å². The number of amides is 2. The molecule has 1 N–H and O–H groups in total. The Kier molecular flexibility index (Phi) is 5.11. The molecule has 0 aliphatic carbocycles. The van der Waals surface area contributed by atoms with E-state index in [0.29, 0.717) is 18.8 Å². The number of aromatic nitrogens is 2. The van der Waals surface area contributed by atoms with E-state index in [-0.39, 0.29) is 30.0 Å². The fourth-order valence-corrected chi connectivity index (χ4v) is 3.00. The molecule has 0 radical (unpaired) electrons. The number of halogens is 1. The van der Waals surface area contributed by atoms with Crippen LogP contribution in [-0.2, 0) is 16.1 Å². The number of nitrogens with zero attached hydrogens (tertiary/aromatic N) is 3. The lowest BCUT2D eigenvalue weighted by molar-refractivity contribution is -0.126. The SMILES string of the molecule is Cc1nccn1CCCNC(=O)C1CC(=O)N(c2ccc(F)cc2)C1. The zero-order chi connectivity index (χ0) is 17.8. The number of carbonyl (C=O) groups is 2. The smallest absolute Gasteiger partial charge is 0.227 e. The lowest BCUT2D eigenvalue weighted by Crippen LogP contribution is -2.33. The molecule has 0 spiro atoms. The van der Waals surface area contributed by atoms with Gasteiger partial charge in [0.25, 0.3) is 0 Å². The molecule has 6 nitrogen and oxygen atoms in total. The highest BCUT2D eigenvalue weighted by molar-refractivity contribution is 6.00. The zero-order valence-corrected chi connectivity index (χ0v) is 14.1. The molecule has 1 fully saturated rings. The van der Waals surface area contributed by atoms with Crippen LogP contribution >= 0.6 is 0 Å². The number of aryl methyl sites for hydroxylation is 2. The molecule has 2 aromatic rings. The molecule has 1 saturated heterocycles. The molecule has 1 aliphatic heterocycles. The number of carbonyl (C=O) groups excluding carboxylic acids is 2. The molecule has 0 bridgehead atoms. The highest BCUT2D eigenvalue weighted by atomic mass is 19.1. The Balaban J connectivity index is 1.47. The summed E-state index contributed by atoms with van der Waals surface area (Å²) in [6, 6.07) is 5.74. The maximum Gasteiger partial charge on any atom is 0.227 e. The quantitative estimate of drug-likeness (QED) is 0.814. The van der Waals surface area contributed by atoms with E-state index in [1.165, 1.54) is 12.1 Å². The van der Waals surface area contributed by atoms with Crippen LogP contribution in [0.2, 0.25) is 0 Å². The summed E-state index contributed by atoms with van der Waals surface area (Å²) in [5.41, 5.74) is 0.622. The first kappa shape index (κ1) is 17.1. The Labute approximate surface area is 145 Å². The van der Waals surface area contributed by atoms with E-state index in [1.54, 1.807) is 23.2 Å². The van der Waals surface area contributed by atoms with Crippen LogP contribution in [0, 0.1) is 18.7 Å². The van der Waals surface area contributed by atoms with Crippen molar-refractivity contribution in [3.8, 4) is 0 Å². The largest absolute Gasteiger partial charge is 0.356 e. The van der Waals surface area contributed by atoms with Crippen LogP contribution < -0.4 is 10.2 Å². The number of benzene rings is 1. The molecule has 0 saturated carbocycles. The Morgan fingerprint density at radius 2 is 2.12 bits per heavy atom. The molecule has 25 heavy (non-hydrogen) atoms. The summed E-state index contributed by atoms with van der Waals surface area (Å²) < 4.78 is 15.0. The third-order valence-electron chi connectivity index (χ3n) is 4.43. The average Bonchev–Trinajstić information content (AvgIpc) is 3.18. The van der Waals surface area contributed by atoms with Crippen molar-refractivity contribution in [1.82, 2.24) is 14.9 Å². The van der Waals surface area contributed by atoms with Gasteiger partial charge in [0.15, 0.2) is 0 Å². The van der Waals surface area contributed by atoms with Gasteiger partial charge in [0.2, 0.25) is 11.8 Å². The Morgan fingerprint density at radius 1 is 1.36 bits per heavy atom. The monoisotopic (exact) mass is 344 g/mol. The Hall–Kier alpha value is -2.70. The van der Waals surface area contributed by atoms with Crippen molar-refractivity contribution in [3.63, 3.8) is 0 Å². The molecule has 3 rings (SSSR count). The van der Waals surface area contributed by atoms with E-state index in [9.17, 15) is 14.0 Å². The molecule has 2 heterocycles. The normalized spacial score (nSPS) is 17.1. The summed E-state index contributed by atoms with van der Waals surface area (Å²) in [6.45, 7) is 3.61. The van der Waals surface area contributed by atoms with Gasteiger partial charge in [-0.05, 0) is 37.6 Å².